The van der Waals surface area contributed by atoms with Crippen LogP contribution >= 0.6 is 11.3 Å². The Morgan fingerprint density at radius 2 is 1.95 bits per heavy atom. The largest absolute Gasteiger partial charge is 0.305 e. The number of piperidine rings is 1. The third kappa shape index (κ3) is 4.59. The second-order valence-electron chi connectivity index (χ2n) is 6.17. The highest BCUT2D eigenvalue weighted by atomic mass is 32.1. The highest BCUT2D eigenvalue weighted by Crippen LogP contribution is 2.26. The molecule has 1 saturated heterocycles. The molecule has 0 spiro atoms. The van der Waals surface area contributed by atoms with E-state index in [2.05, 4.69) is 48.5 Å². The molecule has 1 N–H and O–H groups in total. The molecule has 0 saturated carbocycles. The fourth-order valence-corrected chi connectivity index (χ4v) is 3.92. The lowest BCUT2D eigenvalue weighted by atomic mass is 10.0. The van der Waals surface area contributed by atoms with Crippen LogP contribution in [0.4, 0.5) is 0 Å². The Hall–Kier alpha value is -0.380. The van der Waals surface area contributed by atoms with E-state index < -0.39 is 0 Å². The van der Waals surface area contributed by atoms with Gasteiger partial charge in [0.05, 0.1) is 0 Å². The summed E-state index contributed by atoms with van der Waals surface area (Å²) in [4.78, 5) is 4.09. The van der Waals surface area contributed by atoms with E-state index in [9.17, 15) is 0 Å². The molecule has 2 atom stereocenters. The van der Waals surface area contributed by atoms with Gasteiger partial charge in [0, 0.05) is 23.5 Å². The first-order valence-electron chi connectivity index (χ1n) is 7.68. The van der Waals surface area contributed by atoms with Gasteiger partial charge in [0.1, 0.15) is 0 Å². The highest BCUT2D eigenvalue weighted by Gasteiger charge is 2.20. The van der Waals surface area contributed by atoms with E-state index in [0.717, 1.165) is 0 Å². The molecular weight excluding hydrogens is 252 g/mol. The first-order chi connectivity index (χ1) is 9.16. The van der Waals surface area contributed by atoms with Crippen molar-refractivity contribution in [3.63, 3.8) is 0 Å². The van der Waals surface area contributed by atoms with E-state index in [1.807, 2.05) is 11.3 Å². The molecular formula is C16H28N2S. The molecule has 2 unspecified atom stereocenters. The number of rotatable bonds is 6. The lowest BCUT2D eigenvalue weighted by molar-refractivity contribution is 0.199. The second kappa shape index (κ2) is 7.41. The predicted octanol–water partition coefficient (Wildman–Crippen LogP) is 3.91. The van der Waals surface area contributed by atoms with Gasteiger partial charge in [-0.25, -0.2) is 0 Å². The topological polar surface area (TPSA) is 15.3 Å². The van der Waals surface area contributed by atoms with E-state index in [1.165, 1.54) is 43.8 Å². The molecule has 0 aromatic carbocycles. The van der Waals surface area contributed by atoms with Crippen LogP contribution in [0.3, 0.4) is 0 Å². The Kier molecular flexibility index (Phi) is 5.86. The van der Waals surface area contributed by atoms with Gasteiger partial charge in [0.15, 0.2) is 0 Å². The van der Waals surface area contributed by atoms with Crippen LogP contribution < -0.4 is 5.32 Å². The van der Waals surface area contributed by atoms with Crippen LogP contribution in [0.1, 0.15) is 51.0 Å². The minimum atomic E-state index is 0.500. The lowest BCUT2D eigenvalue weighted by Crippen LogP contribution is -2.43. The van der Waals surface area contributed by atoms with Gasteiger partial charge in [-0.1, -0.05) is 26.3 Å². The molecule has 1 aromatic heterocycles. The molecule has 0 bridgehead atoms. The Labute approximate surface area is 122 Å². The average Bonchev–Trinajstić information content (AvgIpc) is 2.90. The smallest absolute Gasteiger partial charge is 0.0440 e. The number of thiophene rings is 1. The molecule has 0 radical (unpaired) electrons. The molecule has 2 nitrogen and oxygen atoms in total. The molecule has 2 heterocycles. The van der Waals surface area contributed by atoms with Crippen LogP contribution in [0.25, 0.3) is 0 Å². The Morgan fingerprint density at radius 1 is 1.21 bits per heavy atom. The standard InChI is InChI=1S/C16H28N2S/c1-13(2)16(15-8-7-11-19-15)17-14(3)12-18-9-5-4-6-10-18/h7-8,11,13-14,16-17H,4-6,9-10,12H2,1-3H3. The number of hydrogen-bond donors (Lipinski definition) is 1. The van der Waals surface area contributed by atoms with Gasteiger partial charge in [0.25, 0.3) is 0 Å². The van der Waals surface area contributed by atoms with Crippen LogP contribution in [0.15, 0.2) is 17.5 Å². The van der Waals surface area contributed by atoms with Gasteiger partial charge in [-0.3, -0.25) is 0 Å². The monoisotopic (exact) mass is 280 g/mol. The fraction of sp³-hybridized carbons (Fsp3) is 0.750. The number of hydrogen-bond acceptors (Lipinski definition) is 3. The number of nitrogens with zero attached hydrogens (tertiary/aromatic N) is 1. The van der Waals surface area contributed by atoms with E-state index in [1.54, 1.807) is 0 Å². The van der Waals surface area contributed by atoms with Crippen LogP contribution in [0.5, 0.6) is 0 Å². The van der Waals surface area contributed by atoms with Gasteiger partial charge in [-0.15, -0.1) is 11.3 Å². The van der Waals surface area contributed by atoms with Gasteiger partial charge >= 0.3 is 0 Å². The van der Waals surface area contributed by atoms with Gasteiger partial charge in [-0.05, 0) is 50.2 Å². The maximum atomic E-state index is 3.83. The van der Waals surface area contributed by atoms with E-state index >= 15 is 0 Å². The van der Waals surface area contributed by atoms with Crippen molar-refractivity contribution in [2.45, 2.75) is 52.1 Å². The molecule has 108 valence electrons. The Bertz CT molecular complexity index is 342. The summed E-state index contributed by atoms with van der Waals surface area (Å²) in [6.45, 7) is 10.7. The summed E-state index contributed by atoms with van der Waals surface area (Å²) in [6.07, 6.45) is 4.18. The van der Waals surface area contributed by atoms with Crippen molar-refractivity contribution in [3.8, 4) is 0 Å². The van der Waals surface area contributed by atoms with Gasteiger partial charge in [-0.2, -0.15) is 0 Å². The molecule has 0 aliphatic carbocycles. The summed E-state index contributed by atoms with van der Waals surface area (Å²) >= 11 is 1.87. The van der Waals surface area contributed by atoms with Crippen molar-refractivity contribution < 1.29 is 0 Å². The minimum absolute atomic E-state index is 0.500. The zero-order chi connectivity index (χ0) is 13.7. The summed E-state index contributed by atoms with van der Waals surface area (Å²) in [7, 11) is 0. The predicted molar refractivity (Wildman–Crippen MR) is 84.8 cm³/mol. The maximum Gasteiger partial charge on any atom is 0.0440 e. The molecule has 1 aliphatic rings. The third-order valence-electron chi connectivity index (χ3n) is 3.96. The third-order valence-corrected chi connectivity index (χ3v) is 4.92. The summed E-state index contributed by atoms with van der Waals surface area (Å²) < 4.78 is 0. The van der Waals surface area contributed by atoms with Crippen molar-refractivity contribution in [1.82, 2.24) is 10.2 Å². The molecule has 1 fully saturated rings. The van der Waals surface area contributed by atoms with Crippen molar-refractivity contribution in [1.29, 1.82) is 0 Å². The van der Waals surface area contributed by atoms with Gasteiger partial charge < -0.3 is 10.2 Å². The van der Waals surface area contributed by atoms with Crippen molar-refractivity contribution in [3.05, 3.63) is 22.4 Å². The van der Waals surface area contributed by atoms with Crippen LogP contribution in [-0.4, -0.2) is 30.6 Å². The van der Waals surface area contributed by atoms with E-state index in [0.29, 0.717) is 18.0 Å². The number of nitrogens with one attached hydrogen (secondary N) is 1. The molecule has 1 aromatic rings. The van der Waals surface area contributed by atoms with Crippen LogP contribution in [0, 0.1) is 5.92 Å². The second-order valence-corrected chi connectivity index (χ2v) is 7.15. The molecule has 2 rings (SSSR count). The minimum Gasteiger partial charge on any atom is -0.305 e. The molecule has 3 heteroatoms. The Balaban J connectivity index is 1.86. The maximum absolute atomic E-state index is 3.83. The fourth-order valence-electron chi connectivity index (χ4n) is 2.96. The van der Waals surface area contributed by atoms with Crippen molar-refractivity contribution >= 4 is 11.3 Å². The molecule has 0 amide bonds. The zero-order valence-electron chi connectivity index (χ0n) is 12.6. The van der Waals surface area contributed by atoms with Crippen LogP contribution in [0.2, 0.25) is 0 Å². The summed E-state index contributed by atoms with van der Waals surface area (Å²) in [5.41, 5.74) is 0. The van der Waals surface area contributed by atoms with E-state index in [4.69, 9.17) is 0 Å². The van der Waals surface area contributed by atoms with Crippen LogP contribution in [-0.2, 0) is 0 Å². The first-order valence-corrected chi connectivity index (χ1v) is 8.56. The lowest BCUT2D eigenvalue weighted by Gasteiger charge is -2.32. The highest BCUT2D eigenvalue weighted by molar-refractivity contribution is 7.10. The summed E-state index contributed by atoms with van der Waals surface area (Å²) in [6, 6.07) is 5.48. The van der Waals surface area contributed by atoms with E-state index in [-0.39, 0.29) is 0 Å². The summed E-state index contributed by atoms with van der Waals surface area (Å²) in [5.74, 6) is 0.641. The SMILES string of the molecule is CC(CN1CCCCC1)NC(c1cccs1)C(C)C. The molecule has 1 aliphatic heterocycles. The normalized spacial score (nSPS) is 20.6. The average molecular weight is 280 g/mol. The van der Waals surface area contributed by atoms with Crippen molar-refractivity contribution in [2.24, 2.45) is 5.92 Å². The zero-order valence-corrected chi connectivity index (χ0v) is 13.4. The molecule has 19 heavy (non-hydrogen) atoms. The Morgan fingerprint density at radius 3 is 2.53 bits per heavy atom. The van der Waals surface area contributed by atoms with Gasteiger partial charge in [0.2, 0.25) is 0 Å². The summed E-state index contributed by atoms with van der Waals surface area (Å²) in [5, 5.41) is 6.02. The quantitative estimate of drug-likeness (QED) is 0.850. The van der Waals surface area contributed by atoms with Crippen molar-refractivity contribution in [2.75, 3.05) is 19.6 Å². The first kappa shape index (κ1) is 15.0. The number of likely N-dealkylation sites (tertiary alicyclic amines) is 1.